The van der Waals surface area contributed by atoms with Crippen molar-refractivity contribution in [2.24, 2.45) is 0 Å². The van der Waals surface area contributed by atoms with Crippen molar-refractivity contribution in [3.63, 3.8) is 0 Å². The summed E-state index contributed by atoms with van der Waals surface area (Å²) in [6, 6.07) is 61.3. The summed E-state index contributed by atoms with van der Waals surface area (Å²) in [5.41, 5.74) is 12.7. The molecule has 254 valence electrons. The molecule has 0 radical (unpaired) electrons. The predicted molar refractivity (Wildman–Crippen MR) is 227 cm³/mol. The Hall–Kier alpha value is -7.86. The number of hydrogen-bond acceptors (Lipinski definition) is 0. The zero-order valence-electron chi connectivity index (χ0n) is 29.5. The van der Waals surface area contributed by atoms with Crippen molar-refractivity contribution in [1.82, 2.24) is 13.7 Å². The van der Waals surface area contributed by atoms with Crippen LogP contribution in [0.4, 0.5) is 11.4 Å². The highest BCUT2D eigenvalue weighted by Crippen LogP contribution is 2.41. The van der Waals surface area contributed by atoms with Crippen LogP contribution in [0.5, 0.6) is 0 Å². The highest BCUT2D eigenvalue weighted by atomic mass is 15.1. The van der Waals surface area contributed by atoms with E-state index in [2.05, 4.69) is 175 Å². The lowest BCUT2D eigenvalue weighted by atomic mass is 10.0. The van der Waals surface area contributed by atoms with Gasteiger partial charge in [0.1, 0.15) is 0 Å². The predicted octanol–water partition coefficient (Wildman–Crippen LogP) is 13.7. The molecule has 0 N–H and O–H groups in total. The minimum absolute atomic E-state index is 0.586. The van der Waals surface area contributed by atoms with Crippen LogP contribution in [-0.4, -0.2) is 13.7 Å². The van der Waals surface area contributed by atoms with Crippen LogP contribution < -0.4 is 0 Å². The van der Waals surface area contributed by atoms with Gasteiger partial charge >= 0.3 is 0 Å². The van der Waals surface area contributed by atoms with E-state index in [4.69, 9.17) is 13.1 Å². The van der Waals surface area contributed by atoms with Crippen molar-refractivity contribution >= 4 is 76.8 Å². The summed E-state index contributed by atoms with van der Waals surface area (Å²) in [7, 11) is 0. The van der Waals surface area contributed by atoms with Crippen LogP contribution in [0.15, 0.2) is 176 Å². The van der Waals surface area contributed by atoms with Gasteiger partial charge in [0.15, 0.2) is 11.4 Å². The van der Waals surface area contributed by atoms with Gasteiger partial charge in [-0.2, -0.15) is 0 Å². The molecule has 11 aromatic rings. The summed E-state index contributed by atoms with van der Waals surface area (Å²) in [6.07, 6.45) is 0. The molecular formula is C50H29N5. The van der Waals surface area contributed by atoms with Crippen molar-refractivity contribution in [3.05, 3.63) is 199 Å². The molecule has 55 heavy (non-hydrogen) atoms. The SMILES string of the molecule is [C-]#[N+]c1cc(-c2ccc(-n3c4cc([N+]#[C-])ccc4c4cccc(-n5c6ccccc6c6ccccc65)c43)cc2)cc(-n2c3ccccc3c3ccccc32)c1. The van der Waals surface area contributed by atoms with Crippen LogP contribution in [0.1, 0.15) is 0 Å². The molecule has 5 heteroatoms. The molecule has 3 aromatic heterocycles. The summed E-state index contributed by atoms with van der Waals surface area (Å²) >= 11 is 0. The lowest BCUT2D eigenvalue weighted by Crippen LogP contribution is -2.00. The van der Waals surface area contributed by atoms with E-state index in [1.54, 1.807) is 0 Å². The van der Waals surface area contributed by atoms with E-state index in [0.29, 0.717) is 11.4 Å². The second kappa shape index (κ2) is 11.8. The first-order valence-electron chi connectivity index (χ1n) is 18.3. The molecule has 0 fully saturated rings. The van der Waals surface area contributed by atoms with E-state index in [1.165, 1.54) is 21.5 Å². The van der Waals surface area contributed by atoms with Crippen molar-refractivity contribution < 1.29 is 0 Å². The van der Waals surface area contributed by atoms with E-state index in [0.717, 1.165) is 72.1 Å². The Balaban J connectivity index is 1.13. The van der Waals surface area contributed by atoms with Gasteiger partial charge in [0, 0.05) is 49.2 Å². The molecule has 0 saturated carbocycles. The Bertz CT molecular complexity index is 3350. The van der Waals surface area contributed by atoms with Crippen molar-refractivity contribution in [3.8, 4) is 28.2 Å². The summed E-state index contributed by atoms with van der Waals surface area (Å²) in [5.74, 6) is 0. The van der Waals surface area contributed by atoms with E-state index < -0.39 is 0 Å². The number of rotatable bonds is 4. The molecular weight excluding hydrogens is 671 g/mol. The van der Waals surface area contributed by atoms with Crippen LogP contribution in [0.2, 0.25) is 0 Å². The molecule has 3 heterocycles. The maximum Gasteiger partial charge on any atom is 0.189 e. The van der Waals surface area contributed by atoms with Gasteiger partial charge in [-0.15, -0.1) is 0 Å². The number of nitrogens with zero attached hydrogens (tertiary/aromatic N) is 5. The van der Waals surface area contributed by atoms with E-state index in [-0.39, 0.29) is 0 Å². The zero-order chi connectivity index (χ0) is 36.6. The molecule has 0 unspecified atom stereocenters. The normalized spacial score (nSPS) is 11.6. The number of para-hydroxylation sites is 5. The van der Waals surface area contributed by atoms with Gasteiger partial charge in [0.05, 0.1) is 46.4 Å². The summed E-state index contributed by atoms with van der Waals surface area (Å²) in [5, 5.41) is 7.00. The summed E-state index contributed by atoms with van der Waals surface area (Å²) in [6.45, 7) is 15.9. The molecule has 0 saturated heterocycles. The number of aromatic nitrogens is 3. The van der Waals surface area contributed by atoms with E-state index in [9.17, 15) is 0 Å². The number of benzene rings is 8. The lowest BCUT2D eigenvalue weighted by molar-refractivity contribution is 1.13. The van der Waals surface area contributed by atoms with Gasteiger partial charge in [0.25, 0.3) is 0 Å². The number of fused-ring (bicyclic) bond motifs is 9. The van der Waals surface area contributed by atoms with E-state index >= 15 is 0 Å². The van der Waals surface area contributed by atoms with Crippen LogP contribution in [0, 0.1) is 13.1 Å². The van der Waals surface area contributed by atoms with Gasteiger partial charge in [-0.1, -0.05) is 109 Å². The Kier molecular flexibility index (Phi) is 6.61. The maximum absolute atomic E-state index is 8.04. The monoisotopic (exact) mass is 699 g/mol. The van der Waals surface area contributed by atoms with E-state index in [1.807, 2.05) is 24.3 Å². The Labute approximate surface area is 316 Å². The first-order chi connectivity index (χ1) is 27.2. The molecule has 0 bridgehead atoms. The average Bonchev–Trinajstić information content (AvgIpc) is 3.89. The summed E-state index contributed by atoms with van der Waals surface area (Å²) < 4.78 is 6.94. The molecule has 0 atom stereocenters. The minimum atomic E-state index is 0.586. The fourth-order valence-corrected chi connectivity index (χ4v) is 8.70. The second-order valence-corrected chi connectivity index (χ2v) is 14.0. The highest BCUT2D eigenvalue weighted by Gasteiger charge is 2.20. The molecule has 0 aliphatic heterocycles. The smallest absolute Gasteiger partial charge is 0.189 e. The topological polar surface area (TPSA) is 23.5 Å². The van der Waals surface area contributed by atoms with Crippen molar-refractivity contribution in [1.29, 1.82) is 0 Å². The molecule has 0 amide bonds. The van der Waals surface area contributed by atoms with Gasteiger partial charge in [-0.25, -0.2) is 9.69 Å². The quantitative estimate of drug-likeness (QED) is 0.163. The number of hydrogen-bond donors (Lipinski definition) is 0. The third-order valence-corrected chi connectivity index (χ3v) is 11.0. The molecule has 8 aromatic carbocycles. The fourth-order valence-electron chi connectivity index (χ4n) is 8.70. The minimum Gasteiger partial charge on any atom is -0.310 e. The lowest BCUT2D eigenvalue weighted by Gasteiger charge is -2.15. The molecule has 0 aliphatic carbocycles. The fraction of sp³-hybridized carbons (Fsp3) is 0. The van der Waals surface area contributed by atoms with Crippen LogP contribution in [0.3, 0.4) is 0 Å². The summed E-state index contributed by atoms with van der Waals surface area (Å²) in [4.78, 5) is 7.74. The molecule has 0 aliphatic rings. The van der Waals surface area contributed by atoms with Crippen LogP contribution in [-0.2, 0) is 0 Å². The Morgan fingerprint density at radius 2 is 0.855 bits per heavy atom. The standard InChI is InChI=1S/C50H29N5/c1-51-34-24-27-42-43-16-11-21-48(55-46-19-9-5-14-40(46)41-15-6-10-20-47(41)55)50(43)54(49(42)31-34)36-25-22-32(23-26-36)33-28-35(52-2)30-37(29-33)53-44-17-7-3-12-38(44)39-13-4-8-18-45(39)53/h3-31H. The Morgan fingerprint density at radius 1 is 0.327 bits per heavy atom. The Morgan fingerprint density at radius 3 is 1.44 bits per heavy atom. The molecule has 11 rings (SSSR count). The van der Waals surface area contributed by atoms with Crippen molar-refractivity contribution in [2.75, 3.05) is 0 Å². The average molecular weight is 700 g/mol. The largest absolute Gasteiger partial charge is 0.310 e. The molecule has 5 nitrogen and oxygen atoms in total. The van der Waals surface area contributed by atoms with Gasteiger partial charge in [-0.3, -0.25) is 0 Å². The molecule has 0 spiro atoms. The van der Waals surface area contributed by atoms with Gasteiger partial charge in [0.2, 0.25) is 0 Å². The first kappa shape index (κ1) is 30.7. The van der Waals surface area contributed by atoms with Crippen LogP contribution >= 0.6 is 0 Å². The third kappa shape index (κ3) is 4.51. The third-order valence-electron chi connectivity index (χ3n) is 11.0. The van der Waals surface area contributed by atoms with Gasteiger partial charge in [-0.05, 0) is 77.9 Å². The van der Waals surface area contributed by atoms with Crippen molar-refractivity contribution in [2.45, 2.75) is 0 Å². The second-order valence-electron chi connectivity index (χ2n) is 14.0. The zero-order valence-corrected chi connectivity index (χ0v) is 29.5. The van der Waals surface area contributed by atoms with Crippen LogP contribution in [0.25, 0.3) is 103 Å². The first-order valence-corrected chi connectivity index (χ1v) is 18.3. The maximum atomic E-state index is 8.04. The van der Waals surface area contributed by atoms with Gasteiger partial charge < -0.3 is 13.7 Å². The highest BCUT2D eigenvalue weighted by molar-refractivity contribution is 6.15.